The highest BCUT2D eigenvalue weighted by Gasteiger charge is 2.60. The Kier molecular flexibility index (Phi) is 7.00. The summed E-state index contributed by atoms with van der Waals surface area (Å²) in [6.07, 6.45) is 10.2. The summed E-state index contributed by atoms with van der Waals surface area (Å²) < 4.78 is 17.8. The zero-order valence-electron chi connectivity index (χ0n) is 19.4. The smallest absolute Gasteiger partial charge is 0.213 e. The topological polar surface area (TPSA) is 67.3 Å². The highest BCUT2D eigenvalue weighted by atomic mass is 16.5. The maximum atomic E-state index is 12.0. The number of piperazine rings is 1. The first kappa shape index (κ1) is 22.5. The molecule has 0 aromatic carbocycles. The molecular weight excluding hydrogens is 406 g/mol. The zero-order valence-corrected chi connectivity index (χ0v) is 19.4. The molecule has 5 rings (SSSR count). The molecule has 0 unspecified atom stereocenters. The summed E-state index contributed by atoms with van der Waals surface area (Å²) in [5, 5.41) is 12.0. The Bertz CT molecular complexity index is 723. The van der Waals surface area contributed by atoms with E-state index in [2.05, 4.69) is 14.8 Å². The van der Waals surface area contributed by atoms with Crippen LogP contribution in [0, 0.1) is 5.92 Å². The summed E-state index contributed by atoms with van der Waals surface area (Å²) in [6, 6.07) is 6.44. The second-order valence-corrected chi connectivity index (χ2v) is 10.2. The van der Waals surface area contributed by atoms with Crippen LogP contribution in [-0.2, 0) is 9.47 Å². The van der Waals surface area contributed by atoms with Gasteiger partial charge in [0.05, 0.1) is 25.4 Å². The minimum absolute atomic E-state index is 0.0441. The molecule has 0 amide bonds. The molecule has 2 aliphatic heterocycles. The molecule has 2 aliphatic carbocycles. The third-order valence-electron chi connectivity index (χ3n) is 8.28. The zero-order chi connectivity index (χ0) is 22.0. The molecule has 4 aliphatic rings. The van der Waals surface area contributed by atoms with Crippen molar-refractivity contribution in [3.63, 3.8) is 0 Å². The van der Waals surface area contributed by atoms with E-state index in [1.54, 1.807) is 13.3 Å². The summed E-state index contributed by atoms with van der Waals surface area (Å²) in [7, 11) is 1.71. The van der Waals surface area contributed by atoms with Gasteiger partial charge in [0.25, 0.3) is 0 Å². The second kappa shape index (κ2) is 9.94. The van der Waals surface area contributed by atoms with E-state index in [4.69, 9.17) is 14.2 Å². The first-order chi connectivity index (χ1) is 15.7. The van der Waals surface area contributed by atoms with Gasteiger partial charge in [0.2, 0.25) is 5.88 Å². The average Bonchev–Trinajstić information content (AvgIpc) is 3.11. The van der Waals surface area contributed by atoms with Crippen LogP contribution in [0.5, 0.6) is 5.88 Å². The first-order valence-corrected chi connectivity index (χ1v) is 12.6. The lowest BCUT2D eigenvalue weighted by atomic mass is 9.82. The van der Waals surface area contributed by atoms with E-state index < -0.39 is 5.60 Å². The molecule has 0 bridgehead atoms. The molecule has 7 nitrogen and oxygen atoms in total. The van der Waals surface area contributed by atoms with Crippen LogP contribution in [0.2, 0.25) is 0 Å². The van der Waals surface area contributed by atoms with Gasteiger partial charge in [-0.2, -0.15) is 0 Å². The van der Waals surface area contributed by atoms with Crippen molar-refractivity contribution < 1.29 is 19.3 Å². The summed E-state index contributed by atoms with van der Waals surface area (Å²) in [4.78, 5) is 9.56. The van der Waals surface area contributed by atoms with Crippen molar-refractivity contribution in [1.29, 1.82) is 0 Å². The number of fused-ring (bicyclic) bond motifs is 1. The Morgan fingerprint density at radius 2 is 1.88 bits per heavy atom. The average molecular weight is 446 g/mol. The number of hydrogen-bond donors (Lipinski definition) is 1. The van der Waals surface area contributed by atoms with E-state index in [-0.39, 0.29) is 24.2 Å². The van der Waals surface area contributed by atoms with Gasteiger partial charge in [0.15, 0.2) is 0 Å². The molecule has 178 valence electrons. The monoisotopic (exact) mass is 445 g/mol. The van der Waals surface area contributed by atoms with E-state index in [0.717, 1.165) is 45.1 Å². The van der Waals surface area contributed by atoms with Crippen LogP contribution in [0.4, 0.5) is 0 Å². The molecule has 1 N–H and O–H groups in total. The lowest BCUT2D eigenvalue weighted by Gasteiger charge is -2.49. The van der Waals surface area contributed by atoms with Gasteiger partial charge in [0.1, 0.15) is 11.7 Å². The van der Waals surface area contributed by atoms with E-state index >= 15 is 0 Å². The van der Waals surface area contributed by atoms with Gasteiger partial charge in [-0.3, -0.25) is 9.80 Å². The number of rotatable bonds is 6. The largest absolute Gasteiger partial charge is 0.473 e. The fourth-order valence-electron chi connectivity index (χ4n) is 6.68. The first-order valence-electron chi connectivity index (χ1n) is 12.6. The molecule has 5 atom stereocenters. The summed E-state index contributed by atoms with van der Waals surface area (Å²) in [5.41, 5.74) is -0.892. The van der Waals surface area contributed by atoms with Gasteiger partial charge in [-0.25, -0.2) is 4.98 Å². The van der Waals surface area contributed by atoms with Crippen molar-refractivity contribution >= 4 is 0 Å². The number of methoxy groups -OCH3 is 1. The van der Waals surface area contributed by atoms with Gasteiger partial charge >= 0.3 is 0 Å². The lowest BCUT2D eigenvalue weighted by molar-refractivity contribution is -0.181. The maximum Gasteiger partial charge on any atom is 0.213 e. The van der Waals surface area contributed by atoms with Gasteiger partial charge in [-0.15, -0.1) is 0 Å². The number of aromatic nitrogens is 1. The van der Waals surface area contributed by atoms with Gasteiger partial charge < -0.3 is 19.3 Å². The third-order valence-corrected chi connectivity index (χ3v) is 8.28. The fraction of sp³-hybridized carbons (Fsp3) is 0.800. The number of ether oxygens (including phenoxy) is 3. The predicted octanol–water partition coefficient (Wildman–Crippen LogP) is 2.33. The number of pyridine rings is 1. The molecule has 2 saturated carbocycles. The fourth-order valence-corrected chi connectivity index (χ4v) is 6.68. The van der Waals surface area contributed by atoms with Crippen molar-refractivity contribution in [3.8, 4) is 5.88 Å². The molecule has 32 heavy (non-hydrogen) atoms. The normalized spacial score (nSPS) is 37.3. The number of hydrogen-bond acceptors (Lipinski definition) is 7. The standard InChI is InChI=1S/C25H39N3O4/c1-30-17-21-15-19-16-22(32-23-9-5-6-10-26-23)24(25(19,29)18-31-21)28-13-11-27(12-14-28)20-7-3-2-4-8-20/h5-6,9-10,19-22,24,29H,2-4,7-8,11-18H2,1H3/t19-,21+,22+,24-,25-/m0/s1. The van der Waals surface area contributed by atoms with Crippen LogP contribution in [0.25, 0.3) is 0 Å². The Hall–Kier alpha value is -1.25. The van der Waals surface area contributed by atoms with E-state index in [9.17, 15) is 5.11 Å². The van der Waals surface area contributed by atoms with Crippen LogP contribution in [0.15, 0.2) is 24.4 Å². The molecule has 4 fully saturated rings. The van der Waals surface area contributed by atoms with Crippen molar-refractivity contribution in [2.45, 2.75) is 74.8 Å². The van der Waals surface area contributed by atoms with Crippen LogP contribution >= 0.6 is 0 Å². The molecule has 7 heteroatoms. The molecule has 1 aromatic heterocycles. The van der Waals surface area contributed by atoms with Crippen molar-refractivity contribution in [2.24, 2.45) is 5.92 Å². The molecular formula is C25H39N3O4. The minimum Gasteiger partial charge on any atom is -0.473 e. The SMILES string of the molecule is COC[C@H]1C[C@H]2C[C@@H](Oc3ccccn3)[C@H](N3CCN(C4CCCCC4)CC3)[C@]2(O)CO1. The quantitative estimate of drug-likeness (QED) is 0.721. The van der Waals surface area contributed by atoms with Crippen molar-refractivity contribution in [1.82, 2.24) is 14.8 Å². The molecule has 1 aromatic rings. The van der Waals surface area contributed by atoms with Crippen molar-refractivity contribution in [3.05, 3.63) is 24.4 Å². The number of aliphatic hydroxyl groups is 1. The van der Waals surface area contributed by atoms with Gasteiger partial charge in [-0.05, 0) is 37.7 Å². The molecule has 0 spiro atoms. The summed E-state index contributed by atoms with van der Waals surface area (Å²) in [6.45, 7) is 5.01. The van der Waals surface area contributed by atoms with Crippen LogP contribution in [0.3, 0.4) is 0 Å². The lowest BCUT2D eigenvalue weighted by Crippen LogP contribution is -2.65. The predicted molar refractivity (Wildman–Crippen MR) is 122 cm³/mol. The van der Waals surface area contributed by atoms with E-state index in [1.165, 1.54) is 32.1 Å². The Morgan fingerprint density at radius 1 is 1.09 bits per heavy atom. The van der Waals surface area contributed by atoms with Crippen molar-refractivity contribution in [2.75, 3.05) is 46.5 Å². The van der Waals surface area contributed by atoms with Crippen LogP contribution < -0.4 is 4.74 Å². The van der Waals surface area contributed by atoms with E-state index in [1.807, 2.05) is 18.2 Å². The highest BCUT2D eigenvalue weighted by molar-refractivity contribution is 5.16. The Morgan fingerprint density at radius 3 is 2.59 bits per heavy atom. The third kappa shape index (κ3) is 4.55. The molecule has 2 saturated heterocycles. The maximum absolute atomic E-state index is 12.0. The Balaban J connectivity index is 1.31. The summed E-state index contributed by atoms with van der Waals surface area (Å²) in [5.74, 6) is 0.784. The van der Waals surface area contributed by atoms with Crippen LogP contribution in [-0.4, -0.2) is 96.3 Å². The molecule has 3 heterocycles. The van der Waals surface area contributed by atoms with Crippen LogP contribution in [0.1, 0.15) is 44.9 Å². The molecule has 0 radical (unpaired) electrons. The van der Waals surface area contributed by atoms with E-state index in [0.29, 0.717) is 19.1 Å². The van der Waals surface area contributed by atoms with Gasteiger partial charge in [-0.1, -0.05) is 25.3 Å². The minimum atomic E-state index is -0.892. The summed E-state index contributed by atoms with van der Waals surface area (Å²) >= 11 is 0. The number of nitrogens with zero attached hydrogens (tertiary/aromatic N) is 3. The Labute approximate surface area is 192 Å². The van der Waals surface area contributed by atoms with Gasteiger partial charge in [0, 0.05) is 51.6 Å². The highest BCUT2D eigenvalue weighted by Crippen LogP contribution is 2.46. The second-order valence-electron chi connectivity index (χ2n) is 10.2.